The molecule has 3 fully saturated rings. The van der Waals surface area contributed by atoms with E-state index in [-0.39, 0.29) is 42.1 Å². The van der Waals surface area contributed by atoms with Gasteiger partial charge in [-0.2, -0.15) is 0 Å². The molecule has 3 unspecified atom stereocenters. The Morgan fingerprint density at radius 1 is 1.04 bits per heavy atom. The SMILES string of the molecule is CC1CCN(C(=O)C2CCCN(C(=O)C3CC3)C2)C(CN)C1.Cl. The molecule has 2 saturated heterocycles. The highest BCUT2D eigenvalue weighted by molar-refractivity contribution is 5.85. The van der Waals surface area contributed by atoms with Crippen molar-refractivity contribution >= 4 is 24.2 Å². The van der Waals surface area contributed by atoms with Crippen LogP contribution in [0.2, 0.25) is 0 Å². The van der Waals surface area contributed by atoms with E-state index in [0.717, 1.165) is 51.6 Å². The average Bonchev–Trinajstić information content (AvgIpc) is 3.38. The van der Waals surface area contributed by atoms with Crippen LogP contribution in [0.1, 0.15) is 45.4 Å². The normalized spacial score (nSPS) is 31.5. The van der Waals surface area contributed by atoms with Crippen molar-refractivity contribution in [3.05, 3.63) is 0 Å². The predicted octanol–water partition coefficient (Wildman–Crippen LogP) is 1.64. The number of hydrogen-bond acceptors (Lipinski definition) is 3. The van der Waals surface area contributed by atoms with Crippen molar-refractivity contribution in [2.75, 3.05) is 26.2 Å². The molecule has 2 aliphatic heterocycles. The molecule has 23 heavy (non-hydrogen) atoms. The highest BCUT2D eigenvalue weighted by Crippen LogP contribution is 2.33. The first-order valence-corrected chi connectivity index (χ1v) is 8.89. The molecule has 0 radical (unpaired) electrons. The van der Waals surface area contributed by atoms with Crippen molar-refractivity contribution in [3.63, 3.8) is 0 Å². The van der Waals surface area contributed by atoms with Crippen LogP contribution in [0, 0.1) is 17.8 Å². The summed E-state index contributed by atoms with van der Waals surface area (Å²) in [5.74, 6) is 1.40. The molecule has 5 nitrogen and oxygen atoms in total. The summed E-state index contributed by atoms with van der Waals surface area (Å²) in [4.78, 5) is 29.1. The molecular weight excluding hydrogens is 314 g/mol. The van der Waals surface area contributed by atoms with Crippen LogP contribution >= 0.6 is 12.4 Å². The van der Waals surface area contributed by atoms with Gasteiger partial charge in [-0.25, -0.2) is 0 Å². The number of amides is 2. The number of nitrogens with two attached hydrogens (primary N) is 1. The van der Waals surface area contributed by atoms with Crippen LogP contribution in [-0.4, -0.2) is 53.8 Å². The Labute approximate surface area is 145 Å². The van der Waals surface area contributed by atoms with Gasteiger partial charge in [-0.05, 0) is 44.4 Å². The highest BCUT2D eigenvalue weighted by atomic mass is 35.5. The summed E-state index contributed by atoms with van der Waals surface area (Å²) in [6, 6.07) is 0.186. The van der Waals surface area contributed by atoms with Crippen molar-refractivity contribution in [1.29, 1.82) is 0 Å². The van der Waals surface area contributed by atoms with Crippen LogP contribution < -0.4 is 5.73 Å². The number of likely N-dealkylation sites (tertiary alicyclic amines) is 2. The van der Waals surface area contributed by atoms with Crippen LogP contribution in [0.3, 0.4) is 0 Å². The molecule has 2 heterocycles. The first-order valence-electron chi connectivity index (χ1n) is 8.89. The van der Waals surface area contributed by atoms with Gasteiger partial charge in [0.1, 0.15) is 0 Å². The van der Waals surface area contributed by atoms with Crippen LogP contribution in [0.5, 0.6) is 0 Å². The second-order valence-corrected chi connectivity index (χ2v) is 7.45. The van der Waals surface area contributed by atoms with Gasteiger partial charge >= 0.3 is 0 Å². The summed E-state index contributed by atoms with van der Waals surface area (Å²) >= 11 is 0. The van der Waals surface area contributed by atoms with Crippen molar-refractivity contribution in [2.45, 2.75) is 51.5 Å². The topological polar surface area (TPSA) is 66.6 Å². The highest BCUT2D eigenvalue weighted by Gasteiger charge is 2.39. The fourth-order valence-electron chi connectivity index (χ4n) is 3.97. The minimum absolute atomic E-state index is 0. The number of hydrogen-bond donors (Lipinski definition) is 1. The van der Waals surface area contributed by atoms with E-state index in [4.69, 9.17) is 5.73 Å². The summed E-state index contributed by atoms with van der Waals surface area (Å²) in [6.07, 6.45) is 6.02. The van der Waals surface area contributed by atoms with E-state index in [1.54, 1.807) is 0 Å². The Balaban J connectivity index is 0.00000192. The fraction of sp³-hybridized carbons (Fsp3) is 0.882. The molecule has 6 heteroatoms. The lowest BCUT2D eigenvalue weighted by molar-refractivity contribution is -0.144. The van der Waals surface area contributed by atoms with E-state index < -0.39 is 0 Å². The van der Waals surface area contributed by atoms with Crippen molar-refractivity contribution in [3.8, 4) is 0 Å². The van der Waals surface area contributed by atoms with Gasteiger partial charge in [0, 0.05) is 38.1 Å². The van der Waals surface area contributed by atoms with Crippen molar-refractivity contribution in [1.82, 2.24) is 9.80 Å². The van der Waals surface area contributed by atoms with Crippen LogP contribution in [0.4, 0.5) is 0 Å². The number of rotatable bonds is 3. The van der Waals surface area contributed by atoms with Gasteiger partial charge in [0.25, 0.3) is 0 Å². The minimum Gasteiger partial charge on any atom is -0.342 e. The second-order valence-electron chi connectivity index (χ2n) is 7.45. The fourth-order valence-corrected chi connectivity index (χ4v) is 3.97. The first-order chi connectivity index (χ1) is 10.6. The number of nitrogens with zero attached hydrogens (tertiary/aromatic N) is 2. The third kappa shape index (κ3) is 4.18. The Morgan fingerprint density at radius 3 is 2.43 bits per heavy atom. The zero-order valence-corrected chi connectivity index (χ0v) is 14.9. The van der Waals surface area contributed by atoms with Gasteiger partial charge in [-0.3, -0.25) is 9.59 Å². The third-order valence-electron chi connectivity index (χ3n) is 5.54. The lowest BCUT2D eigenvalue weighted by Crippen LogP contribution is -2.54. The average molecular weight is 344 g/mol. The molecule has 0 aromatic carbocycles. The van der Waals surface area contributed by atoms with E-state index in [9.17, 15) is 9.59 Å². The van der Waals surface area contributed by atoms with Gasteiger partial charge in [-0.15, -0.1) is 12.4 Å². The molecule has 0 bridgehead atoms. The largest absolute Gasteiger partial charge is 0.342 e. The van der Waals surface area contributed by atoms with Crippen molar-refractivity contribution in [2.24, 2.45) is 23.5 Å². The lowest BCUT2D eigenvalue weighted by atomic mass is 9.89. The predicted molar refractivity (Wildman–Crippen MR) is 92.2 cm³/mol. The standard InChI is InChI=1S/C17H29N3O2.ClH/c1-12-6-8-20(15(9-12)10-18)17(22)14-3-2-7-19(11-14)16(21)13-4-5-13;/h12-15H,2-11,18H2,1H3;1H. The first kappa shape index (κ1) is 18.5. The van der Waals surface area contributed by atoms with Gasteiger partial charge in [0.2, 0.25) is 11.8 Å². The van der Waals surface area contributed by atoms with E-state index in [1.807, 2.05) is 9.80 Å². The monoisotopic (exact) mass is 343 g/mol. The Morgan fingerprint density at radius 2 is 1.78 bits per heavy atom. The summed E-state index contributed by atoms with van der Waals surface area (Å²) in [6.45, 7) is 5.07. The molecule has 3 aliphatic rings. The van der Waals surface area contributed by atoms with Gasteiger partial charge in [0.05, 0.1) is 5.92 Å². The molecular formula is C17H30ClN3O2. The molecule has 3 atom stereocenters. The van der Waals surface area contributed by atoms with E-state index >= 15 is 0 Å². The maximum absolute atomic E-state index is 12.9. The molecule has 132 valence electrons. The summed E-state index contributed by atoms with van der Waals surface area (Å²) in [5, 5.41) is 0. The van der Waals surface area contributed by atoms with Crippen LogP contribution in [0.25, 0.3) is 0 Å². The summed E-state index contributed by atoms with van der Waals surface area (Å²) in [5.41, 5.74) is 5.89. The molecule has 2 N–H and O–H groups in total. The zero-order valence-electron chi connectivity index (χ0n) is 14.1. The second kappa shape index (κ2) is 7.84. The van der Waals surface area contributed by atoms with E-state index in [0.29, 0.717) is 19.0 Å². The van der Waals surface area contributed by atoms with Gasteiger partial charge < -0.3 is 15.5 Å². The van der Waals surface area contributed by atoms with Crippen LogP contribution in [-0.2, 0) is 9.59 Å². The van der Waals surface area contributed by atoms with Crippen LogP contribution in [0.15, 0.2) is 0 Å². The smallest absolute Gasteiger partial charge is 0.227 e. The van der Waals surface area contributed by atoms with E-state index in [1.165, 1.54) is 0 Å². The Kier molecular flexibility index (Phi) is 6.32. The Bertz CT molecular complexity index is 442. The molecule has 3 rings (SSSR count). The molecule has 0 spiro atoms. The number of halogens is 1. The summed E-state index contributed by atoms with van der Waals surface area (Å²) in [7, 11) is 0. The minimum atomic E-state index is -0.0149. The van der Waals surface area contributed by atoms with E-state index in [2.05, 4.69) is 6.92 Å². The lowest BCUT2D eigenvalue weighted by Gasteiger charge is -2.41. The molecule has 1 aliphatic carbocycles. The maximum atomic E-state index is 12.9. The zero-order chi connectivity index (χ0) is 15.7. The third-order valence-corrected chi connectivity index (χ3v) is 5.54. The molecule has 0 aromatic rings. The number of piperidine rings is 2. The molecule has 0 aromatic heterocycles. The van der Waals surface area contributed by atoms with Gasteiger partial charge in [0.15, 0.2) is 0 Å². The number of carbonyl (C=O) groups is 2. The molecule has 2 amide bonds. The van der Waals surface area contributed by atoms with Gasteiger partial charge in [-0.1, -0.05) is 6.92 Å². The summed E-state index contributed by atoms with van der Waals surface area (Å²) < 4.78 is 0. The molecule has 1 saturated carbocycles. The number of carbonyl (C=O) groups excluding carboxylic acids is 2. The van der Waals surface area contributed by atoms with Crippen molar-refractivity contribution < 1.29 is 9.59 Å². The quantitative estimate of drug-likeness (QED) is 0.847. The Hall–Kier alpha value is -0.810. The maximum Gasteiger partial charge on any atom is 0.227 e.